The summed E-state index contributed by atoms with van der Waals surface area (Å²) >= 11 is 0. The maximum Gasteiger partial charge on any atom is 0.435 e. The van der Waals surface area contributed by atoms with Gasteiger partial charge in [-0.1, -0.05) is 30.3 Å². The maximum absolute atomic E-state index is 13.2. The van der Waals surface area contributed by atoms with Gasteiger partial charge in [-0.3, -0.25) is 4.79 Å². The summed E-state index contributed by atoms with van der Waals surface area (Å²) in [5, 5.41) is 10.4. The van der Waals surface area contributed by atoms with Crippen molar-refractivity contribution in [2.24, 2.45) is 0 Å². The third-order valence-corrected chi connectivity index (χ3v) is 3.98. The Morgan fingerprint density at radius 1 is 1.07 bits per heavy atom. The summed E-state index contributed by atoms with van der Waals surface area (Å²) in [6.07, 6.45) is -4.53. The van der Waals surface area contributed by atoms with Crippen molar-refractivity contribution in [3.63, 3.8) is 0 Å². The lowest BCUT2D eigenvalue weighted by molar-refractivity contribution is -0.141. The lowest BCUT2D eigenvalue weighted by atomic mass is 10.0. The number of alkyl halides is 3. The predicted molar refractivity (Wildman–Crippen MR) is 104 cm³/mol. The smallest absolute Gasteiger partial charge is 0.435 e. The van der Waals surface area contributed by atoms with Gasteiger partial charge in [0.05, 0.1) is 0 Å². The number of nitrogens with zero attached hydrogens (tertiary/aromatic N) is 3. The zero-order chi connectivity index (χ0) is 21.5. The largest absolute Gasteiger partial charge is 0.462 e. The highest BCUT2D eigenvalue weighted by atomic mass is 19.4. The molecule has 1 fully saturated rings. The van der Waals surface area contributed by atoms with Crippen molar-refractivity contribution in [1.29, 1.82) is 0 Å². The number of hydrogen-bond donors (Lipinski definition) is 1. The minimum atomic E-state index is -4.53. The molecular weight excluding hydrogens is 385 g/mol. The van der Waals surface area contributed by atoms with Crippen LogP contribution >= 0.6 is 0 Å². The topological polar surface area (TPSA) is 67.3 Å². The van der Waals surface area contributed by atoms with E-state index < -0.39 is 11.9 Å². The summed E-state index contributed by atoms with van der Waals surface area (Å²) in [5.41, 5.74) is -0.711. The van der Waals surface area contributed by atoms with E-state index in [-0.39, 0.29) is 11.2 Å². The zero-order valence-corrected chi connectivity index (χ0v) is 16.7. The molecule has 0 saturated carbocycles. The van der Waals surface area contributed by atoms with E-state index in [4.69, 9.17) is 0 Å². The van der Waals surface area contributed by atoms with Crippen LogP contribution in [0, 0.1) is 0 Å². The zero-order valence-electron chi connectivity index (χ0n) is 16.7. The van der Waals surface area contributed by atoms with Crippen molar-refractivity contribution in [2.75, 3.05) is 31.1 Å². The van der Waals surface area contributed by atoms with Crippen molar-refractivity contribution in [3.05, 3.63) is 42.1 Å². The fraction of sp³-hybridized carbons (Fsp3) is 0.450. The van der Waals surface area contributed by atoms with Gasteiger partial charge in [0, 0.05) is 31.7 Å². The summed E-state index contributed by atoms with van der Waals surface area (Å²) in [6.45, 7) is 8.89. The van der Waals surface area contributed by atoms with E-state index in [0.717, 1.165) is 13.1 Å². The lowest BCUT2D eigenvalue weighted by Gasteiger charge is -2.28. The quantitative estimate of drug-likeness (QED) is 0.781. The van der Waals surface area contributed by atoms with Crippen LogP contribution in [-0.2, 0) is 15.7 Å². The molecule has 0 aliphatic carbocycles. The van der Waals surface area contributed by atoms with Crippen LogP contribution < -0.4 is 10.2 Å². The third kappa shape index (κ3) is 7.01. The van der Waals surface area contributed by atoms with Crippen LogP contribution in [0.15, 0.2) is 36.4 Å². The molecule has 1 saturated heterocycles. The minimum absolute atomic E-state index is 0.0663. The summed E-state index contributed by atoms with van der Waals surface area (Å²) in [6, 6.07) is 9.96. The standard InChI is InChI=1S/C15H15F3N4.C5H10O2/c16-15(17,18)14-12(11-4-2-1-3-5-11)10-13(20-21-14)22-8-6-19-7-9-22;1-5(2,3)7-4-6/h1-5,10,19H,6-9H2;4H,1-3H3. The van der Waals surface area contributed by atoms with E-state index in [1.807, 2.05) is 25.7 Å². The number of carbonyl (C=O) groups is 1. The number of nitrogens with one attached hydrogen (secondary N) is 1. The first kappa shape index (κ1) is 22.6. The average Bonchev–Trinajstić information content (AvgIpc) is 2.68. The number of benzene rings is 1. The first-order valence-electron chi connectivity index (χ1n) is 9.19. The molecule has 6 nitrogen and oxygen atoms in total. The Kier molecular flexibility index (Phi) is 7.55. The Bertz CT molecular complexity index is 787. The number of hydrogen-bond acceptors (Lipinski definition) is 6. The van der Waals surface area contributed by atoms with Gasteiger partial charge < -0.3 is 15.0 Å². The van der Waals surface area contributed by atoms with E-state index in [9.17, 15) is 18.0 Å². The van der Waals surface area contributed by atoms with Gasteiger partial charge in [0.25, 0.3) is 6.47 Å². The fourth-order valence-electron chi connectivity index (χ4n) is 2.62. The van der Waals surface area contributed by atoms with Gasteiger partial charge in [0.2, 0.25) is 0 Å². The van der Waals surface area contributed by atoms with Crippen LogP contribution in [0.1, 0.15) is 26.5 Å². The monoisotopic (exact) mass is 410 g/mol. The molecule has 0 amide bonds. The molecule has 29 heavy (non-hydrogen) atoms. The Labute approximate surface area is 168 Å². The molecule has 1 N–H and O–H groups in total. The van der Waals surface area contributed by atoms with Gasteiger partial charge in [-0.25, -0.2) is 0 Å². The second-order valence-electron chi connectivity index (χ2n) is 7.39. The molecule has 9 heteroatoms. The lowest BCUT2D eigenvalue weighted by Crippen LogP contribution is -2.44. The number of piperazine rings is 1. The number of ether oxygens (including phenoxy) is 1. The van der Waals surface area contributed by atoms with Crippen LogP contribution in [0.25, 0.3) is 11.1 Å². The molecule has 1 aromatic carbocycles. The van der Waals surface area contributed by atoms with Gasteiger partial charge in [-0.15, -0.1) is 10.2 Å². The van der Waals surface area contributed by atoms with E-state index in [2.05, 4.69) is 20.3 Å². The highest BCUT2D eigenvalue weighted by molar-refractivity contribution is 5.69. The number of carbonyl (C=O) groups excluding carboxylic acids is 1. The second kappa shape index (κ2) is 9.69. The van der Waals surface area contributed by atoms with E-state index in [0.29, 0.717) is 30.9 Å². The van der Waals surface area contributed by atoms with Crippen molar-refractivity contribution in [3.8, 4) is 11.1 Å². The molecule has 2 aromatic rings. The molecule has 3 rings (SSSR count). The molecule has 0 bridgehead atoms. The minimum Gasteiger partial charge on any atom is -0.462 e. The number of rotatable bonds is 3. The van der Waals surface area contributed by atoms with Gasteiger partial charge in [0.15, 0.2) is 11.5 Å². The van der Waals surface area contributed by atoms with Crippen LogP contribution in [-0.4, -0.2) is 48.4 Å². The molecule has 0 radical (unpaired) electrons. The molecular formula is C20H25F3N4O2. The Balaban J connectivity index is 0.000000370. The molecule has 1 aliphatic rings. The fourth-order valence-corrected chi connectivity index (χ4v) is 2.62. The summed E-state index contributed by atoms with van der Waals surface area (Å²) < 4.78 is 44.1. The summed E-state index contributed by atoms with van der Waals surface area (Å²) in [7, 11) is 0. The summed E-state index contributed by atoms with van der Waals surface area (Å²) in [4.78, 5) is 11.5. The van der Waals surface area contributed by atoms with Gasteiger partial charge in [0.1, 0.15) is 5.60 Å². The van der Waals surface area contributed by atoms with Gasteiger partial charge in [-0.2, -0.15) is 13.2 Å². The molecule has 0 spiro atoms. The normalized spacial score (nSPS) is 14.6. The highest BCUT2D eigenvalue weighted by Gasteiger charge is 2.37. The van der Waals surface area contributed by atoms with E-state index >= 15 is 0 Å². The Morgan fingerprint density at radius 3 is 2.17 bits per heavy atom. The number of anilines is 1. The average molecular weight is 410 g/mol. The second-order valence-corrected chi connectivity index (χ2v) is 7.39. The van der Waals surface area contributed by atoms with Gasteiger partial charge >= 0.3 is 6.18 Å². The SMILES string of the molecule is CC(C)(C)OC=O.FC(F)(F)c1nnc(N2CCNCC2)cc1-c1ccccc1. The van der Waals surface area contributed by atoms with Crippen molar-refractivity contribution in [2.45, 2.75) is 32.5 Å². The van der Waals surface area contributed by atoms with Crippen LogP contribution in [0.5, 0.6) is 0 Å². The van der Waals surface area contributed by atoms with Crippen LogP contribution in [0.2, 0.25) is 0 Å². The first-order chi connectivity index (χ1) is 13.6. The third-order valence-electron chi connectivity index (χ3n) is 3.98. The van der Waals surface area contributed by atoms with E-state index in [1.165, 1.54) is 6.07 Å². The highest BCUT2D eigenvalue weighted by Crippen LogP contribution is 2.36. The Morgan fingerprint density at radius 2 is 1.69 bits per heavy atom. The number of aromatic nitrogens is 2. The number of halogens is 3. The molecule has 2 heterocycles. The molecule has 1 aromatic heterocycles. The van der Waals surface area contributed by atoms with Crippen LogP contribution in [0.4, 0.5) is 19.0 Å². The molecule has 1 aliphatic heterocycles. The van der Waals surface area contributed by atoms with Gasteiger partial charge in [-0.05, 0) is 32.4 Å². The predicted octanol–water partition coefficient (Wildman–Crippen LogP) is 3.53. The molecule has 0 atom stereocenters. The van der Waals surface area contributed by atoms with Crippen LogP contribution in [0.3, 0.4) is 0 Å². The van der Waals surface area contributed by atoms with Crippen molar-refractivity contribution < 1.29 is 22.7 Å². The maximum atomic E-state index is 13.2. The van der Waals surface area contributed by atoms with E-state index in [1.54, 1.807) is 30.3 Å². The first-order valence-corrected chi connectivity index (χ1v) is 9.19. The molecule has 158 valence electrons. The Hall–Kier alpha value is -2.68. The molecule has 0 unspecified atom stereocenters. The van der Waals surface area contributed by atoms with Crippen molar-refractivity contribution >= 4 is 12.3 Å². The summed E-state index contributed by atoms with van der Waals surface area (Å²) in [5.74, 6) is 0.480. The van der Waals surface area contributed by atoms with Crippen molar-refractivity contribution in [1.82, 2.24) is 15.5 Å².